The summed E-state index contributed by atoms with van der Waals surface area (Å²) < 4.78 is 20.6. The number of carbonyl (C=O) groups is 2. The summed E-state index contributed by atoms with van der Waals surface area (Å²) >= 11 is 1.70. The standard InChI is InChI=1S/C34H39FN4O3S/c1-34(2,3)42-31(40)20-39-22-36-32-28(5-4-6-30(32)39)33(41)38-18-26(29(19-38)25-13-16-43-21-25)17-37-14-11-24(12-15-37)23-7-9-27(35)10-8-23/h4-10,13,16,21-22,24,26,29H,11-12,14-15,17-20H2,1-3H3. The largest absolute Gasteiger partial charge is 0.459 e. The molecule has 43 heavy (non-hydrogen) atoms. The number of thiophene rings is 1. The number of benzene rings is 2. The number of hydrogen-bond donors (Lipinski definition) is 0. The molecule has 1 amide bonds. The van der Waals surface area contributed by atoms with E-state index in [1.54, 1.807) is 34.4 Å². The summed E-state index contributed by atoms with van der Waals surface area (Å²) in [6, 6.07) is 14.7. The highest BCUT2D eigenvalue weighted by atomic mass is 32.1. The minimum absolute atomic E-state index is 0.0223. The molecule has 4 heterocycles. The third kappa shape index (κ3) is 6.68. The summed E-state index contributed by atoms with van der Waals surface area (Å²) in [4.78, 5) is 35.6. The first kappa shape index (κ1) is 29.5. The highest BCUT2D eigenvalue weighted by Gasteiger charge is 2.38. The SMILES string of the molecule is CC(C)(C)OC(=O)Cn1cnc2c(C(=O)N3CC(CN4CCC(c5ccc(F)cc5)CC4)C(c4ccsc4)C3)cccc21. The topological polar surface area (TPSA) is 67.7 Å². The van der Waals surface area contributed by atoms with Crippen LogP contribution < -0.4 is 0 Å². The number of likely N-dealkylation sites (tertiary alicyclic amines) is 2. The maximum absolute atomic E-state index is 14.0. The molecule has 2 atom stereocenters. The molecule has 2 aromatic carbocycles. The number of ether oxygens (including phenoxy) is 1. The van der Waals surface area contributed by atoms with Crippen molar-refractivity contribution >= 4 is 34.2 Å². The number of imidazole rings is 1. The van der Waals surface area contributed by atoms with Crippen molar-refractivity contribution in [2.24, 2.45) is 5.92 Å². The average Bonchev–Trinajstić information content (AvgIpc) is 3.73. The van der Waals surface area contributed by atoms with E-state index >= 15 is 0 Å². The van der Waals surface area contributed by atoms with Crippen LogP contribution in [0.5, 0.6) is 0 Å². The van der Waals surface area contributed by atoms with Crippen LogP contribution in [0.2, 0.25) is 0 Å². The fourth-order valence-corrected chi connectivity index (χ4v) is 7.40. The lowest BCUT2D eigenvalue weighted by Crippen LogP contribution is -2.38. The normalized spacial score (nSPS) is 20.1. The molecule has 0 radical (unpaired) electrons. The highest BCUT2D eigenvalue weighted by molar-refractivity contribution is 7.08. The van der Waals surface area contributed by atoms with Crippen LogP contribution in [0.15, 0.2) is 65.6 Å². The Morgan fingerprint density at radius 3 is 2.49 bits per heavy atom. The smallest absolute Gasteiger partial charge is 0.326 e. The van der Waals surface area contributed by atoms with Gasteiger partial charge in [0.25, 0.3) is 5.91 Å². The Kier molecular flexibility index (Phi) is 8.38. The van der Waals surface area contributed by atoms with E-state index in [0.717, 1.165) is 38.0 Å². The van der Waals surface area contributed by atoms with Crippen LogP contribution in [0.1, 0.15) is 66.9 Å². The Labute approximate surface area is 256 Å². The molecule has 2 fully saturated rings. The Balaban J connectivity index is 1.15. The number of fused-ring (bicyclic) bond motifs is 1. The predicted octanol–water partition coefficient (Wildman–Crippen LogP) is 6.31. The lowest BCUT2D eigenvalue weighted by Gasteiger charge is -2.34. The predicted molar refractivity (Wildman–Crippen MR) is 167 cm³/mol. The van der Waals surface area contributed by atoms with E-state index in [4.69, 9.17) is 4.74 Å². The lowest BCUT2D eigenvalue weighted by atomic mass is 9.87. The Bertz CT molecular complexity index is 1570. The molecule has 9 heteroatoms. The van der Waals surface area contributed by atoms with Gasteiger partial charge in [0.15, 0.2) is 0 Å². The first-order valence-corrected chi connectivity index (χ1v) is 16.0. The molecule has 4 aromatic rings. The molecule has 226 valence electrons. The third-order valence-electron chi connectivity index (χ3n) is 8.72. The van der Waals surface area contributed by atoms with E-state index in [2.05, 4.69) is 26.7 Å². The minimum atomic E-state index is -0.571. The quantitative estimate of drug-likeness (QED) is 0.232. The van der Waals surface area contributed by atoms with Crippen LogP contribution >= 0.6 is 11.3 Å². The fourth-order valence-electron chi connectivity index (χ4n) is 6.67. The van der Waals surface area contributed by atoms with Crippen molar-refractivity contribution in [1.29, 1.82) is 0 Å². The van der Waals surface area contributed by atoms with Gasteiger partial charge >= 0.3 is 5.97 Å². The van der Waals surface area contributed by atoms with Gasteiger partial charge < -0.3 is 19.1 Å². The van der Waals surface area contributed by atoms with Gasteiger partial charge in [-0.1, -0.05) is 18.2 Å². The number of carbonyl (C=O) groups excluding carboxylic acids is 2. The molecule has 2 aliphatic rings. The molecule has 0 aliphatic carbocycles. The first-order chi connectivity index (χ1) is 20.6. The number of aromatic nitrogens is 2. The number of nitrogens with zero attached hydrogens (tertiary/aromatic N) is 4. The molecule has 2 aromatic heterocycles. The van der Waals surface area contributed by atoms with E-state index in [1.165, 1.54) is 11.1 Å². The number of esters is 1. The van der Waals surface area contributed by atoms with E-state index in [1.807, 2.05) is 56.0 Å². The first-order valence-electron chi connectivity index (χ1n) is 15.1. The fraction of sp³-hybridized carbons (Fsp3) is 0.441. The summed E-state index contributed by atoms with van der Waals surface area (Å²) in [6.45, 7) is 9.86. The van der Waals surface area contributed by atoms with Crippen molar-refractivity contribution < 1.29 is 18.7 Å². The molecule has 0 bridgehead atoms. The molecule has 0 saturated carbocycles. The van der Waals surface area contributed by atoms with Crippen molar-refractivity contribution in [3.63, 3.8) is 0 Å². The summed E-state index contributed by atoms with van der Waals surface area (Å²) in [6.07, 6.45) is 3.72. The minimum Gasteiger partial charge on any atom is -0.459 e. The Hall–Kier alpha value is -3.56. The van der Waals surface area contributed by atoms with Gasteiger partial charge in [0.1, 0.15) is 23.5 Å². The zero-order valence-corrected chi connectivity index (χ0v) is 25.9. The number of hydrogen-bond acceptors (Lipinski definition) is 6. The van der Waals surface area contributed by atoms with Gasteiger partial charge in [-0.05, 0) is 111 Å². The van der Waals surface area contributed by atoms with Gasteiger partial charge in [0.05, 0.1) is 17.4 Å². The third-order valence-corrected chi connectivity index (χ3v) is 9.42. The van der Waals surface area contributed by atoms with Crippen LogP contribution in [-0.4, -0.2) is 69.6 Å². The number of halogens is 1. The second-order valence-corrected chi connectivity index (χ2v) is 13.7. The van der Waals surface area contributed by atoms with Crippen LogP contribution in [0.3, 0.4) is 0 Å². The second-order valence-electron chi connectivity index (χ2n) is 12.9. The molecule has 7 nitrogen and oxygen atoms in total. The van der Waals surface area contributed by atoms with E-state index in [9.17, 15) is 14.0 Å². The zero-order chi connectivity index (χ0) is 30.1. The molecular formula is C34H39FN4O3S. The van der Waals surface area contributed by atoms with Crippen molar-refractivity contribution in [2.45, 2.75) is 57.6 Å². The van der Waals surface area contributed by atoms with E-state index in [0.29, 0.717) is 36.0 Å². The molecule has 0 spiro atoms. The Morgan fingerprint density at radius 1 is 1.02 bits per heavy atom. The summed E-state index contributed by atoms with van der Waals surface area (Å²) in [5.41, 5.74) is 3.85. The number of rotatable bonds is 7. The van der Waals surface area contributed by atoms with Crippen molar-refractivity contribution in [3.8, 4) is 0 Å². The number of piperidine rings is 1. The summed E-state index contributed by atoms with van der Waals surface area (Å²) in [7, 11) is 0. The number of amides is 1. The monoisotopic (exact) mass is 602 g/mol. The molecular weight excluding hydrogens is 563 g/mol. The molecule has 2 aliphatic heterocycles. The molecule has 2 unspecified atom stereocenters. The summed E-state index contributed by atoms with van der Waals surface area (Å²) in [5, 5.41) is 4.33. The zero-order valence-electron chi connectivity index (χ0n) is 25.0. The van der Waals surface area contributed by atoms with Gasteiger partial charge in [-0.25, -0.2) is 9.37 Å². The number of para-hydroxylation sites is 1. The maximum atomic E-state index is 14.0. The van der Waals surface area contributed by atoms with Crippen LogP contribution in [0.4, 0.5) is 4.39 Å². The molecule has 2 saturated heterocycles. The Morgan fingerprint density at radius 2 is 1.79 bits per heavy atom. The van der Waals surface area contributed by atoms with Crippen LogP contribution in [-0.2, 0) is 16.1 Å². The van der Waals surface area contributed by atoms with Crippen molar-refractivity contribution in [1.82, 2.24) is 19.4 Å². The van der Waals surface area contributed by atoms with Gasteiger partial charge in [0.2, 0.25) is 0 Å². The molecule has 0 N–H and O–H groups in total. The van der Waals surface area contributed by atoms with Crippen molar-refractivity contribution in [2.75, 3.05) is 32.7 Å². The summed E-state index contributed by atoms with van der Waals surface area (Å²) in [5.74, 6) is 0.504. The molecule has 6 rings (SSSR count). The van der Waals surface area contributed by atoms with Crippen LogP contribution in [0, 0.1) is 11.7 Å². The average molecular weight is 603 g/mol. The van der Waals surface area contributed by atoms with Gasteiger partial charge in [0, 0.05) is 25.6 Å². The van der Waals surface area contributed by atoms with Crippen LogP contribution in [0.25, 0.3) is 11.0 Å². The van der Waals surface area contributed by atoms with Gasteiger partial charge in [-0.15, -0.1) is 0 Å². The van der Waals surface area contributed by atoms with E-state index in [-0.39, 0.29) is 30.2 Å². The van der Waals surface area contributed by atoms with Crippen molar-refractivity contribution in [3.05, 3.63) is 88.1 Å². The lowest BCUT2D eigenvalue weighted by molar-refractivity contribution is -0.155. The second kappa shape index (κ2) is 12.2. The van der Waals surface area contributed by atoms with E-state index < -0.39 is 5.60 Å². The van der Waals surface area contributed by atoms with Gasteiger partial charge in [-0.2, -0.15) is 11.3 Å². The maximum Gasteiger partial charge on any atom is 0.326 e. The highest BCUT2D eigenvalue weighted by Crippen LogP contribution is 2.37. The van der Waals surface area contributed by atoms with Gasteiger partial charge in [-0.3, -0.25) is 9.59 Å².